The molecule has 0 aliphatic rings. The average Bonchev–Trinajstić information content (AvgIpc) is 2.77. The van der Waals surface area contributed by atoms with Crippen molar-refractivity contribution < 1.29 is 8.81 Å². The van der Waals surface area contributed by atoms with Crippen LogP contribution in [0, 0.1) is 5.82 Å². The van der Waals surface area contributed by atoms with Gasteiger partial charge in [0.1, 0.15) is 11.6 Å². The Morgan fingerprint density at radius 3 is 2.72 bits per heavy atom. The highest BCUT2D eigenvalue weighted by Gasteiger charge is 2.14. The van der Waals surface area contributed by atoms with Crippen LogP contribution >= 0.6 is 27.5 Å². The maximum atomic E-state index is 13.4. The van der Waals surface area contributed by atoms with Crippen molar-refractivity contribution in [2.24, 2.45) is 0 Å². The quantitative estimate of drug-likeness (QED) is 0.901. The van der Waals surface area contributed by atoms with Gasteiger partial charge in [0.25, 0.3) is 0 Å². The van der Waals surface area contributed by atoms with E-state index in [1.807, 2.05) is 25.2 Å². The van der Waals surface area contributed by atoms with Crippen molar-refractivity contribution in [3.63, 3.8) is 0 Å². The molecule has 1 unspecified atom stereocenters. The molecule has 5 heteroatoms. The van der Waals surface area contributed by atoms with Crippen molar-refractivity contribution in [1.82, 2.24) is 5.32 Å². The van der Waals surface area contributed by atoms with Gasteiger partial charge in [-0.05, 0) is 59.2 Å². The molecule has 2 rings (SSSR count). The lowest BCUT2D eigenvalue weighted by atomic mass is 10.0. The number of likely N-dealkylation sites (N-methyl/N-ethyl adjacent to an activating group) is 1. The van der Waals surface area contributed by atoms with E-state index in [1.54, 1.807) is 6.07 Å². The highest BCUT2D eigenvalue weighted by Crippen LogP contribution is 2.24. The summed E-state index contributed by atoms with van der Waals surface area (Å²) in [5.74, 6) is 0.407. The van der Waals surface area contributed by atoms with Crippen molar-refractivity contribution in [2.75, 3.05) is 7.05 Å². The Labute approximate surface area is 118 Å². The molecule has 0 spiro atoms. The van der Waals surface area contributed by atoms with E-state index in [9.17, 15) is 4.39 Å². The number of furan rings is 1. The molecule has 1 aromatic heterocycles. The van der Waals surface area contributed by atoms with Crippen LogP contribution in [0.1, 0.15) is 17.4 Å². The van der Waals surface area contributed by atoms with E-state index in [0.29, 0.717) is 11.1 Å². The third-order valence-corrected chi connectivity index (χ3v) is 3.44. The zero-order valence-electron chi connectivity index (χ0n) is 9.71. The normalized spacial score (nSPS) is 12.7. The summed E-state index contributed by atoms with van der Waals surface area (Å²) in [5.41, 5.74) is 0.865. The summed E-state index contributed by atoms with van der Waals surface area (Å²) >= 11 is 8.92. The summed E-state index contributed by atoms with van der Waals surface area (Å²) in [6.45, 7) is 0. The molecule has 1 N–H and O–H groups in total. The second-order valence-corrected chi connectivity index (χ2v) is 5.12. The van der Waals surface area contributed by atoms with E-state index < -0.39 is 5.82 Å². The summed E-state index contributed by atoms with van der Waals surface area (Å²) in [6, 6.07) is 8.55. The first kappa shape index (κ1) is 13.6. The van der Waals surface area contributed by atoms with Gasteiger partial charge in [-0.2, -0.15) is 0 Å². The molecule has 0 saturated heterocycles. The molecule has 96 valence electrons. The third-order valence-electron chi connectivity index (χ3n) is 2.71. The zero-order valence-corrected chi connectivity index (χ0v) is 12.1. The van der Waals surface area contributed by atoms with Crippen LogP contribution in [-0.4, -0.2) is 7.05 Å². The van der Waals surface area contributed by atoms with Crippen LogP contribution in [-0.2, 0) is 6.42 Å². The lowest BCUT2D eigenvalue weighted by molar-refractivity contribution is 0.416. The van der Waals surface area contributed by atoms with Gasteiger partial charge < -0.3 is 9.73 Å². The highest BCUT2D eigenvalue weighted by atomic mass is 79.9. The van der Waals surface area contributed by atoms with Crippen LogP contribution in [0.25, 0.3) is 0 Å². The van der Waals surface area contributed by atoms with E-state index in [0.717, 1.165) is 11.3 Å². The van der Waals surface area contributed by atoms with Crippen molar-refractivity contribution in [3.05, 3.63) is 57.2 Å². The van der Waals surface area contributed by atoms with Crippen LogP contribution in [0.15, 0.2) is 39.4 Å². The third kappa shape index (κ3) is 3.13. The fourth-order valence-electron chi connectivity index (χ4n) is 1.76. The zero-order chi connectivity index (χ0) is 13.1. The lowest BCUT2D eigenvalue weighted by Gasteiger charge is -2.13. The summed E-state index contributed by atoms with van der Waals surface area (Å²) in [7, 11) is 1.84. The SMILES string of the molecule is CNC(Cc1ccc(Cl)c(F)c1)c1ccc(Br)o1. The Hall–Kier alpha value is -0.840. The van der Waals surface area contributed by atoms with Gasteiger partial charge in [0.15, 0.2) is 4.67 Å². The van der Waals surface area contributed by atoms with Gasteiger partial charge in [-0.25, -0.2) is 4.39 Å². The first-order chi connectivity index (χ1) is 8.60. The molecule has 1 aromatic carbocycles. The predicted molar refractivity (Wildman–Crippen MR) is 73.3 cm³/mol. The second kappa shape index (κ2) is 5.87. The van der Waals surface area contributed by atoms with Gasteiger partial charge in [0, 0.05) is 0 Å². The Morgan fingerprint density at radius 2 is 2.17 bits per heavy atom. The molecule has 0 saturated carbocycles. The van der Waals surface area contributed by atoms with Crippen LogP contribution in [0.4, 0.5) is 4.39 Å². The van der Waals surface area contributed by atoms with E-state index in [-0.39, 0.29) is 11.1 Å². The minimum absolute atomic E-state index is 0.00289. The van der Waals surface area contributed by atoms with Crippen LogP contribution < -0.4 is 5.32 Å². The van der Waals surface area contributed by atoms with E-state index in [1.165, 1.54) is 6.07 Å². The molecule has 0 fully saturated rings. The molecule has 18 heavy (non-hydrogen) atoms. The van der Waals surface area contributed by atoms with Crippen LogP contribution in [0.5, 0.6) is 0 Å². The molecule has 2 aromatic rings. The Kier molecular flexibility index (Phi) is 4.43. The first-order valence-electron chi connectivity index (χ1n) is 5.46. The molecule has 0 aliphatic heterocycles. The Balaban J connectivity index is 2.17. The average molecular weight is 333 g/mol. The van der Waals surface area contributed by atoms with Crippen molar-refractivity contribution >= 4 is 27.5 Å². The topological polar surface area (TPSA) is 25.2 Å². The van der Waals surface area contributed by atoms with E-state index in [2.05, 4.69) is 21.2 Å². The number of hydrogen-bond donors (Lipinski definition) is 1. The molecule has 2 nitrogen and oxygen atoms in total. The van der Waals surface area contributed by atoms with Crippen LogP contribution in [0.2, 0.25) is 5.02 Å². The number of nitrogens with one attached hydrogen (secondary N) is 1. The minimum atomic E-state index is -0.398. The largest absolute Gasteiger partial charge is 0.453 e. The summed E-state index contributed by atoms with van der Waals surface area (Å²) < 4.78 is 19.5. The summed E-state index contributed by atoms with van der Waals surface area (Å²) in [6.07, 6.45) is 0.630. The molecule has 0 bridgehead atoms. The Morgan fingerprint density at radius 1 is 1.39 bits per heavy atom. The first-order valence-corrected chi connectivity index (χ1v) is 6.63. The Bertz CT molecular complexity index is 544. The predicted octanol–water partition coefficient (Wildman–Crippen LogP) is 4.34. The second-order valence-electron chi connectivity index (χ2n) is 3.94. The fraction of sp³-hybridized carbons (Fsp3) is 0.231. The number of benzene rings is 1. The maximum absolute atomic E-state index is 13.4. The highest BCUT2D eigenvalue weighted by molar-refractivity contribution is 9.10. The van der Waals surface area contributed by atoms with Gasteiger partial charge in [-0.15, -0.1) is 0 Å². The molecule has 0 amide bonds. The monoisotopic (exact) mass is 331 g/mol. The fourth-order valence-corrected chi connectivity index (χ4v) is 2.20. The molecule has 0 aliphatic carbocycles. The molecular formula is C13H12BrClFNO. The van der Waals surface area contributed by atoms with Crippen molar-refractivity contribution in [2.45, 2.75) is 12.5 Å². The van der Waals surface area contributed by atoms with Gasteiger partial charge in [0.05, 0.1) is 11.1 Å². The number of rotatable bonds is 4. The van der Waals surface area contributed by atoms with Gasteiger partial charge in [-0.3, -0.25) is 0 Å². The van der Waals surface area contributed by atoms with E-state index >= 15 is 0 Å². The van der Waals surface area contributed by atoms with Gasteiger partial charge in [-0.1, -0.05) is 17.7 Å². The maximum Gasteiger partial charge on any atom is 0.169 e. The molecular weight excluding hydrogens is 321 g/mol. The minimum Gasteiger partial charge on any atom is -0.453 e. The van der Waals surface area contributed by atoms with Gasteiger partial charge in [0.2, 0.25) is 0 Å². The standard InChI is InChI=1S/C13H12BrClFNO/c1-17-11(12-4-5-13(14)18-12)7-8-2-3-9(15)10(16)6-8/h2-6,11,17H,7H2,1H3. The summed E-state index contributed by atoms with van der Waals surface area (Å²) in [4.78, 5) is 0. The lowest BCUT2D eigenvalue weighted by Crippen LogP contribution is -2.18. The summed E-state index contributed by atoms with van der Waals surface area (Å²) in [5, 5.41) is 3.28. The van der Waals surface area contributed by atoms with Crippen molar-refractivity contribution in [1.29, 1.82) is 0 Å². The van der Waals surface area contributed by atoms with Crippen LogP contribution in [0.3, 0.4) is 0 Å². The molecule has 1 heterocycles. The molecule has 0 radical (unpaired) electrons. The number of hydrogen-bond acceptors (Lipinski definition) is 2. The number of halogens is 3. The smallest absolute Gasteiger partial charge is 0.169 e. The van der Waals surface area contributed by atoms with E-state index in [4.69, 9.17) is 16.0 Å². The molecule has 1 atom stereocenters. The van der Waals surface area contributed by atoms with Crippen molar-refractivity contribution in [3.8, 4) is 0 Å². The van der Waals surface area contributed by atoms with Gasteiger partial charge >= 0.3 is 0 Å².